The number of rotatable bonds is 4. The van der Waals surface area contributed by atoms with E-state index in [2.05, 4.69) is 57.5 Å². The van der Waals surface area contributed by atoms with E-state index in [9.17, 15) is 0 Å². The SMILES string of the molecule is CNCCc1cc(-c2cc(Br)ccc2C)n(C)n1. The molecule has 0 aliphatic rings. The summed E-state index contributed by atoms with van der Waals surface area (Å²) in [7, 11) is 3.96. The number of benzene rings is 1. The maximum absolute atomic E-state index is 4.56. The third-order valence-corrected chi connectivity index (χ3v) is 3.53. The quantitative estimate of drug-likeness (QED) is 0.941. The van der Waals surface area contributed by atoms with E-state index in [1.54, 1.807) is 0 Å². The summed E-state index contributed by atoms with van der Waals surface area (Å²) in [6.07, 6.45) is 0.956. The summed E-state index contributed by atoms with van der Waals surface area (Å²) in [5, 5.41) is 7.71. The predicted octanol–water partition coefficient (Wildman–Crippen LogP) is 2.92. The van der Waals surface area contributed by atoms with Gasteiger partial charge < -0.3 is 5.32 Å². The van der Waals surface area contributed by atoms with Crippen LogP contribution in [0.4, 0.5) is 0 Å². The average molecular weight is 308 g/mol. The molecule has 2 aromatic rings. The van der Waals surface area contributed by atoms with Crippen LogP contribution in [0.1, 0.15) is 11.3 Å². The van der Waals surface area contributed by atoms with Gasteiger partial charge in [-0.3, -0.25) is 4.68 Å². The molecule has 1 N–H and O–H groups in total. The minimum atomic E-state index is 0.952. The van der Waals surface area contributed by atoms with E-state index in [-0.39, 0.29) is 0 Å². The largest absolute Gasteiger partial charge is 0.319 e. The lowest BCUT2D eigenvalue weighted by Gasteiger charge is -2.06. The van der Waals surface area contributed by atoms with Gasteiger partial charge in [-0.25, -0.2) is 0 Å². The molecule has 0 bridgehead atoms. The molecule has 0 aliphatic carbocycles. The number of hydrogen-bond acceptors (Lipinski definition) is 2. The monoisotopic (exact) mass is 307 g/mol. The molecular weight excluding hydrogens is 290 g/mol. The smallest absolute Gasteiger partial charge is 0.0684 e. The Morgan fingerprint density at radius 3 is 2.83 bits per heavy atom. The predicted molar refractivity (Wildman–Crippen MR) is 78.7 cm³/mol. The number of nitrogens with one attached hydrogen (secondary N) is 1. The highest BCUT2D eigenvalue weighted by Gasteiger charge is 2.09. The van der Waals surface area contributed by atoms with E-state index in [1.165, 1.54) is 16.8 Å². The second kappa shape index (κ2) is 5.67. The van der Waals surface area contributed by atoms with Crippen molar-refractivity contribution in [2.75, 3.05) is 13.6 Å². The molecule has 3 nitrogen and oxygen atoms in total. The van der Waals surface area contributed by atoms with Crippen LogP contribution in [0.3, 0.4) is 0 Å². The second-order valence-corrected chi connectivity index (χ2v) is 5.37. The first-order valence-electron chi connectivity index (χ1n) is 6.06. The Labute approximate surface area is 116 Å². The third-order valence-electron chi connectivity index (χ3n) is 3.04. The minimum Gasteiger partial charge on any atom is -0.319 e. The van der Waals surface area contributed by atoms with Gasteiger partial charge in [0.1, 0.15) is 0 Å². The van der Waals surface area contributed by atoms with Crippen molar-refractivity contribution in [2.45, 2.75) is 13.3 Å². The Bertz CT molecular complexity index is 546. The number of aromatic nitrogens is 2. The molecule has 1 aromatic carbocycles. The van der Waals surface area contributed by atoms with Crippen LogP contribution < -0.4 is 5.32 Å². The molecule has 1 heterocycles. The highest BCUT2D eigenvalue weighted by Crippen LogP contribution is 2.27. The van der Waals surface area contributed by atoms with E-state index in [0.29, 0.717) is 0 Å². The normalized spacial score (nSPS) is 10.9. The van der Waals surface area contributed by atoms with Crippen molar-refractivity contribution in [3.63, 3.8) is 0 Å². The van der Waals surface area contributed by atoms with E-state index in [0.717, 1.165) is 23.1 Å². The molecule has 0 amide bonds. The standard InChI is InChI=1S/C14H18BrN3/c1-10-4-5-11(15)8-13(10)14-9-12(6-7-16-2)17-18(14)3/h4-5,8-9,16H,6-7H2,1-3H3. The molecule has 1 aromatic heterocycles. The molecule has 0 atom stereocenters. The van der Waals surface area contributed by atoms with E-state index >= 15 is 0 Å². The highest BCUT2D eigenvalue weighted by atomic mass is 79.9. The van der Waals surface area contributed by atoms with Crippen LogP contribution in [0.25, 0.3) is 11.3 Å². The van der Waals surface area contributed by atoms with Gasteiger partial charge in [0.15, 0.2) is 0 Å². The summed E-state index contributed by atoms with van der Waals surface area (Å²) in [5.74, 6) is 0. The first-order chi connectivity index (χ1) is 8.61. The van der Waals surface area contributed by atoms with Gasteiger partial charge >= 0.3 is 0 Å². The summed E-state index contributed by atoms with van der Waals surface area (Å²) in [5.41, 5.74) is 4.79. The number of halogens is 1. The van der Waals surface area contributed by atoms with Gasteiger partial charge in [0.2, 0.25) is 0 Å². The zero-order valence-corrected chi connectivity index (χ0v) is 12.6. The summed E-state index contributed by atoms with van der Waals surface area (Å²) >= 11 is 3.53. The zero-order valence-electron chi connectivity index (χ0n) is 11.0. The van der Waals surface area contributed by atoms with Gasteiger partial charge in [-0.05, 0) is 37.7 Å². The van der Waals surface area contributed by atoms with Crippen molar-refractivity contribution >= 4 is 15.9 Å². The summed E-state index contributed by atoms with van der Waals surface area (Å²) in [6.45, 7) is 3.08. The summed E-state index contributed by atoms with van der Waals surface area (Å²) in [6, 6.07) is 8.51. The fourth-order valence-corrected chi connectivity index (χ4v) is 2.39. The molecule has 0 fully saturated rings. The minimum absolute atomic E-state index is 0.952. The first-order valence-corrected chi connectivity index (χ1v) is 6.85. The third kappa shape index (κ3) is 2.82. The number of aryl methyl sites for hydroxylation is 2. The average Bonchev–Trinajstić information content (AvgIpc) is 2.71. The van der Waals surface area contributed by atoms with Gasteiger partial charge in [-0.15, -0.1) is 0 Å². The van der Waals surface area contributed by atoms with Crippen molar-refractivity contribution < 1.29 is 0 Å². The Kier molecular flexibility index (Phi) is 4.19. The number of likely N-dealkylation sites (N-methyl/N-ethyl adjacent to an activating group) is 1. The van der Waals surface area contributed by atoms with Crippen molar-refractivity contribution in [2.24, 2.45) is 7.05 Å². The lowest BCUT2D eigenvalue weighted by Crippen LogP contribution is -2.10. The van der Waals surface area contributed by atoms with Crippen LogP contribution in [0.2, 0.25) is 0 Å². The Morgan fingerprint density at radius 1 is 1.33 bits per heavy atom. The van der Waals surface area contributed by atoms with Crippen LogP contribution >= 0.6 is 15.9 Å². The second-order valence-electron chi connectivity index (χ2n) is 4.46. The molecule has 18 heavy (non-hydrogen) atoms. The fourth-order valence-electron chi connectivity index (χ4n) is 2.02. The van der Waals surface area contributed by atoms with Crippen LogP contribution in [0.5, 0.6) is 0 Å². The van der Waals surface area contributed by atoms with Crippen molar-refractivity contribution in [3.05, 3.63) is 40.0 Å². The van der Waals surface area contributed by atoms with Crippen LogP contribution in [-0.4, -0.2) is 23.4 Å². The maximum atomic E-state index is 4.56. The molecule has 96 valence electrons. The molecule has 0 aliphatic heterocycles. The molecule has 0 saturated heterocycles. The molecule has 2 rings (SSSR count). The number of nitrogens with zero attached hydrogens (tertiary/aromatic N) is 2. The summed E-state index contributed by atoms with van der Waals surface area (Å²) in [4.78, 5) is 0. The van der Waals surface area contributed by atoms with Crippen LogP contribution in [-0.2, 0) is 13.5 Å². The number of hydrogen-bond donors (Lipinski definition) is 1. The Balaban J connectivity index is 2.38. The maximum Gasteiger partial charge on any atom is 0.0684 e. The lowest BCUT2D eigenvalue weighted by atomic mass is 10.1. The van der Waals surface area contributed by atoms with Crippen LogP contribution in [0.15, 0.2) is 28.7 Å². The molecular formula is C14H18BrN3. The van der Waals surface area contributed by atoms with E-state index < -0.39 is 0 Å². The molecule has 0 saturated carbocycles. The van der Waals surface area contributed by atoms with Gasteiger partial charge in [0, 0.05) is 30.0 Å². The zero-order chi connectivity index (χ0) is 13.1. The van der Waals surface area contributed by atoms with Gasteiger partial charge in [0.05, 0.1) is 11.4 Å². The van der Waals surface area contributed by atoms with Gasteiger partial charge in [-0.1, -0.05) is 22.0 Å². The van der Waals surface area contributed by atoms with Gasteiger partial charge in [0.25, 0.3) is 0 Å². The first kappa shape index (κ1) is 13.3. The molecule has 0 unspecified atom stereocenters. The fraction of sp³-hybridized carbons (Fsp3) is 0.357. The highest BCUT2D eigenvalue weighted by molar-refractivity contribution is 9.10. The summed E-state index contributed by atoms with van der Waals surface area (Å²) < 4.78 is 3.06. The lowest BCUT2D eigenvalue weighted by molar-refractivity contribution is 0.720. The van der Waals surface area contributed by atoms with Crippen molar-refractivity contribution in [1.29, 1.82) is 0 Å². The van der Waals surface area contributed by atoms with Crippen molar-refractivity contribution in [1.82, 2.24) is 15.1 Å². The molecule has 0 radical (unpaired) electrons. The topological polar surface area (TPSA) is 29.9 Å². The van der Waals surface area contributed by atoms with Crippen molar-refractivity contribution in [3.8, 4) is 11.3 Å². The Hall–Kier alpha value is -1.13. The van der Waals surface area contributed by atoms with E-state index in [1.807, 2.05) is 18.8 Å². The Morgan fingerprint density at radius 2 is 2.11 bits per heavy atom. The molecule has 4 heteroatoms. The van der Waals surface area contributed by atoms with E-state index in [4.69, 9.17) is 0 Å². The van der Waals surface area contributed by atoms with Gasteiger partial charge in [-0.2, -0.15) is 5.10 Å². The van der Waals surface area contributed by atoms with Crippen LogP contribution in [0, 0.1) is 6.92 Å². The molecule has 0 spiro atoms.